The second-order valence-corrected chi connectivity index (χ2v) is 4.63. The van der Waals surface area contributed by atoms with Crippen molar-refractivity contribution in [2.24, 2.45) is 11.7 Å². The highest BCUT2D eigenvalue weighted by molar-refractivity contribution is 6.25. The summed E-state index contributed by atoms with van der Waals surface area (Å²) in [5, 5.41) is 7.17. The van der Waals surface area contributed by atoms with Gasteiger partial charge >= 0.3 is 0 Å². The van der Waals surface area contributed by atoms with Crippen LogP contribution in [0.15, 0.2) is 54.6 Å². The molecule has 0 radical (unpaired) electrons. The van der Waals surface area contributed by atoms with Gasteiger partial charge in [0.25, 0.3) is 0 Å². The van der Waals surface area contributed by atoms with Crippen LogP contribution in [0, 0.1) is 0 Å². The predicted octanol–water partition coefficient (Wildman–Crippen LogP) is 2.39. The summed E-state index contributed by atoms with van der Waals surface area (Å²) in [6.07, 6.45) is 0.936. The number of rotatable bonds is 1. The summed E-state index contributed by atoms with van der Waals surface area (Å²) in [5.41, 5.74) is 0.765. The Morgan fingerprint density at radius 3 is 1.86 bits per heavy atom. The van der Waals surface area contributed by atoms with Crippen LogP contribution in [0.5, 0.6) is 0 Å². The minimum atomic E-state index is 0. The highest BCUT2D eigenvalue weighted by atomic mass is 16.1. The Labute approximate surface area is 121 Å². The van der Waals surface area contributed by atoms with E-state index in [-0.39, 0.29) is 5.48 Å². The van der Waals surface area contributed by atoms with E-state index in [0.29, 0.717) is 0 Å². The molecule has 0 amide bonds. The van der Waals surface area contributed by atoms with Gasteiger partial charge in [-0.05, 0) is 32.3 Å². The minimum absolute atomic E-state index is 0. The fourth-order valence-corrected chi connectivity index (χ4v) is 2.86. The second-order valence-electron chi connectivity index (χ2n) is 4.63. The molecule has 0 saturated carbocycles. The van der Waals surface area contributed by atoms with E-state index in [1.807, 2.05) is 18.2 Å². The van der Waals surface area contributed by atoms with Crippen molar-refractivity contribution in [1.82, 2.24) is 0 Å². The van der Waals surface area contributed by atoms with E-state index in [9.17, 15) is 4.79 Å². The van der Waals surface area contributed by atoms with Gasteiger partial charge in [0.15, 0.2) is 6.29 Å². The van der Waals surface area contributed by atoms with Crippen molar-refractivity contribution in [3.63, 3.8) is 0 Å². The lowest BCUT2D eigenvalue weighted by Crippen LogP contribution is -2.02. The molecule has 4 aromatic rings. The third-order valence-corrected chi connectivity index (χ3v) is 3.69. The Kier molecular flexibility index (Phi) is 4.14. The summed E-state index contributed by atoms with van der Waals surface area (Å²) < 4.78 is 0. The van der Waals surface area contributed by atoms with Gasteiger partial charge in [0.2, 0.25) is 0 Å². The van der Waals surface area contributed by atoms with Gasteiger partial charge in [-0.3, -0.25) is 16.5 Å². The molecule has 0 aliphatic carbocycles. The molecule has 0 spiro atoms. The van der Waals surface area contributed by atoms with Crippen LogP contribution in [0.2, 0.25) is 0 Å². The first-order valence-corrected chi connectivity index (χ1v) is 6.33. The Morgan fingerprint density at radius 1 is 0.714 bits per heavy atom. The van der Waals surface area contributed by atoms with Crippen molar-refractivity contribution in [1.29, 1.82) is 0 Å². The average Bonchev–Trinajstić information content (AvgIpc) is 2.54. The minimum Gasteiger partial charge on any atom is -0.412 e. The molecule has 0 aromatic heterocycles. The molecule has 0 aliphatic rings. The van der Waals surface area contributed by atoms with Crippen LogP contribution < -0.4 is 11.7 Å². The van der Waals surface area contributed by atoms with Crippen LogP contribution >= 0.6 is 0 Å². The third kappa shape index (κ3) is 2.11. The molecule has 21 heavy (non-hydrogen) atoms. The molecule has 0 bridgehead atoms. The molecule has 4 aromatic carbocycles. The van der Waals surface area contributed by atoms with E-state index in [1.54, 1.807) is 0 Å². The monoisotopic (exact) mass is 280 g/mol. The van der Waals surface area contributed by atoms with Crippen LogP contribution in [0.1, 0.15) is 10.4 Å². The van der Waals surface area contributed by atoms with Crippen molar-refractivity contribution in [2.45, 2.75) is 0 Å². The molecular formula is C17H16N2O2. The van der Waals surface area contributed by atoms with E-state index >= 15 is 0 Å². The molecule has 0 fully saturated rings. The number of carbonyl (C=O) groups is 1. The van der Waals surface area contributed by atoms with Crippen molar-refractivity contribution in [3.05, 3.63) is 60.2 Å². The predicted molar refractivity (Wildman–Crippen MR) is 87.5 cm³/mol. The number of aldehydes is 1. The first-order chi connectivity index (χ1) is 9.88. The summed E-state index contributed by atoms with van der Waals surface area (Å²) in [6, 6.07) is 18.6. The van der Waals surface area contributed by atoms with E-state index in [4.69, 9.17) is 0 Å². The zero-order chi connectivity index (χ0) is 14.1. The number of nitrogens with two attached hydrogens (primary N) is 2. The van der Waals surface area contributed by atoms with Crippen LogP contribution in [0.4, 0.5) is 0 Å². The average molecular weight is 280 g/mol. The molecule has 0 aliphatic heterocycles. The molecular weight excluding hydrogens is 264 g/mol. The highest BCUT2D eigenvalue weighted by Crippen LogP contribution is 2.35. The quantitative estimate of drug-likeness (QED) is 0.242. The summed E-state index contributed by atoms with van der Waals surface area (Å²) >= 11 is 0. The maximum Gasteiger partial charge on any atom is 0.150 e. The fraction of sp³-hybridized carbons (Fsp3) is 0. The van der Waals surface area contributed by atoms with E-state index in [1.165, 1.54) is 26.9 Å². The van der Waals surface area contributed by atoms with Gasteiger partial charge in [0.1, 0.15) is 0 Å². The first-order valence-electron chi connectivity index (χ1n) is 6.33. The molecule has 0 atom stereocenters. The lowest BCUT2D eigenvalue weighted by molar-refractivity contribution is 0.112. The van der Waals surface area contributed by atoms with Crippen molar-refractivity contribution in [3.8, 4) is 0 Å². The molecule has 4 nitrogen and oxygen atoms in total. The largest absolute Gasteiger partial charge is 0.412 e. The van der Waals surface area contributed by atoms with Gasteiger partial charge in [-0.15, -0.1) is 0 Å². The van der Waals surface area contributed by atoms with Gasteiger partial charge in [-0.25, -0.2) is 0 Å². The van der Waals surface area contributed by atoms with Crippen LogP contribution in [-0.2, 0) is 0 Å². The molecule has 0 saturated heterocycles. The molecule has 6 N–H and O–H groups in total. The number of hydrogen-bond donors (Lipinski definition) is 2. The molecule has 0 heterocycles. The molecule has 4 heteroatoms. The van der Waals surface area contributed by atoms with Crippen molar-refractivity contribution >= 4 is 38.6 Å². The lowest BCUT2D eigenvalue weighted by Gasteiger charge is -2.11. The zero-order valence-electron chi connectivity index (χ0n) is 11.3. The number of carbonyl (C=O) groups excluding carboxylic acids is 1. The standard InChI is InChI=1S/C17H10O.H4N2.H2O/c18-10-14-7-6-13-5-4-11-2-1-3-12-8-9-15(14)17(13)16(11)12;1-2;/h1-10H;1-2H2;1H2. The van der Waals surface area contributed by atoms with Gasteiger partial charge < -0.3 is 5.48 Å². The van der Waals surface area contributed by atoms with Gasteiger partial charge in [0, 0.05) is 5.56 Å². The zero-order valence-corrected chi connectivity index (χ0v) is 11.3. The van der Waals surface area contributed by atoms with Crippen LogP contribution in [-0.4, -0.2) is 11.8 Å². The Morgan fingerprint density at radius 2 is 1.24 bits per heavy atom. The Hall–Kier alpha value is -2.53. The first kappa shape index (κ1) is 14.9. The molecule has 0 unspecified atom stereocenters. The van der Waals surface area contributed by atoms with Crippen LogP contribution in [0.3, 0.4) is 0 Å². The topological polar surface area (TPSA) is 101 Å². The van der Waals surface area contributed by atoms with E-state index < -0.39 is 0 Å². The van der Waals surface area contributed by atoms with Crippen LogP contribution in [0.25, 0.3) is 32.3 Å². The smallest absolute Gasteiger partial charge is 0.150 e. The van der Waals surface area contributed by atoms with Crippen molar-refractivity contribution in [2.75, 3.05) is 0 Å². The normalized spacial score (nSPS) is 10.2. The van der Waals surface area contributed by atoms with Gasteiger partial charge in [-0.1, -0.05) is 54.6 Å². The summed E-state index contributed by atoms with van der Waals surface area (Å²) in [5.74, 6) is 8.00. The number of hydrazine groups is 1. The van der Waals surface area contributed by atoms with E-state index in [0.717, 1.165) is 17.2 Å². The summed E-state index contributed by atoms with van der Waals surface area (Å²) in [6.45, 7) is 0. The maximum atomic E-state index is 11.2. The Bertz CT molecular complexity index is 887. The summed E-state index contributed by atoms with van der Waals surface area (Å²) in [4.78, 5) is 11.2. The second kappa shape index (κ2) is 5.85. The summed E-state index contributed by atoms with van der Waals surface area (Å²) in [7, 11) is 0. The molecule has 106 valence electrons. The van der Waals surface area contributed by atoms with E-state index in [2.05, 4.69) is 48.1 Å². The lowest BCUT2D eigenvalue weighted by atomic mass is 9.92. The maximum absolute atomic E-state index is 11.2. The number of benzene rings is 4. The fourth-order valence-electron chi connectivity index (χ4n) is 2.86. The molecule has 4 rings (SSSR count). The van der Waals surface area contributed by atoms with Gasteiger partial charge in [0.05, 0.1) is 0 Å². The third-order valence-electron chi connectivity index (χ3n) is 3.69. The SMILES string of the molecule is NN.O.O=Cc1ccc2ccc3cccc4ccc1c2c34. The highest BCUT2D eigenvalue weighted by Gasteiger charge is 2.09. The van der Waals surface area contributed by atoms with Crippen molar-refractivity contribution < 1.29 is 10.3 Å². The Balaban J connectivity index is 0.000000517. The number of hydrogen-bond acceptors (Lipinski definition) is 3. The van der Waals surface area contributed by atoms with Gasteiger partial charge in [-0.2, -0.15) is 0 Å².